The molecule has 3 nitrogen and oxygen atoms in total. The average Bonchev–Trinajstić information content (AvgIpc) is 2.78. The van der Waals surface area contributed by atoms with Crippen LogP contribution in [-0.4, -0.2) is 16.8 Å². The van der Waals surface area contributed by atoms with Crippen LogP contribution in [0.1, 0.15) is 83.6 Å². The molecule has 0 bridgehead atoms. The number of benzene rings is 1. The number of ether oxygens (including phenoxy) is 1. The third kappa shape index (κ3) is 6.78. The predicted molar refractivity (Wildman–Crippen MR) is 121 cm³/mol. The lowest BCUT2D eigenvalue weighted by atomic mass is 9.77. The zero-order valence-corrected chi connectivity index (χ0v) is 18.7. The van der Waals surface area contributed by atoms with Gasteiger partial charge in [0.2, 0.25) is 5.88 Å². The first-order valence-electron chi connectivity index (χ1n) is 11.9. The van der Waals surface area contributed by atoms with Gasteiger partial charge in [-0.15, -0.1) is 10.2 Å². The molecule has 0 radical (unpaired) electrons. The van der Waals surface area contributed by atoms with Gasteiger partial charge in [-0.05, 0) is 48.8 Å². The van der Waals surface area contributed by atoms with Crippen molar-refractivity contribution in [3.63, 3.8) is 0 Å². The Morgan fingerprint density at radius 1 is 0.900 bits per heavy atom. The summed E-state index contributed by atoms with van der Waals surface area (Å²) in [6.07, 6.45) is 13.7. The fourth-order valence-electron chi connectivity index (χ4n) is 4.52. The first-order valence-corrected chi connectivity index (χ1v) is 11.9. The highest BCUT2D eigenvalue weighted by molar-refractivity contribution is 5.59. The van der Waals surface area contributed by atoms with Crippen molar-refractivity contribution in [3.05, 3.63) is 41.7 Å². The van der Waals surface area contributed by atoms with Gasteiger partial charge in [-0.3, -0.25) is 0 Å². The van der Waals surface area contributed by atoms with Gasteiger partial charge in [-0.1, -0.05) is 77.3 Å². The van der Waals surface area contributed by atoms with Crippen LogP contribution in [0.25, 0.3) is 11.3 Å². The maximum Gasteiger partial charge on any atom is 0.233 e. The monoisotopic (exact) mass is 412 g/mol. The number of hydrogen-bond donors (Lipinski definition) is 0. The molecule has 30 heavy (non-hydrogen) atoms. The summed E-state index contributed by atoms with van der Waals surface area (Å²) in [5.74, 6) is 2.07. The molecular formula is C26H37FN2O. The number of rotatable bonds is 11. The summed E-state index contributed by atoms with van der Waals surface area (Å²) >= 11 is 0. The van der Waals surface area contributed by atoms with Crippen LogP contribution in [0.3, 0.4) is 0 Å². The van der Waals surface area contributed by atoms with Crippen molar-refractivity contribution in [2.45, 2.75) is 84.5 Å². The quantitative estimate of drug-likeness (QED) is 0.361. The Kier molecular flexibility index (Phi) is 9.10. The number of nitrogens with zero attached hydrogens (tertiary/aromatic N) is 2. The topological polar surface area (TPSA) is 35.0 Å². The zero-order chi connectivity index (χ0) is 21.2. The molecular weight excluding hydrogens is 375 g/mol. The Bertz CT molecular complexity index is 754. The molecule has 1 aliphatic rings. The molecule has 1 aliphatic carbocycles. The first kappa shape index (κ1) is 22.7. The standard InChI is InChI=1S/C26H37FN2O/c1-3-5-6-7-20-8-10-21(11-9-20)12-13-22-14-15-23(19-24(22)27)25-16-17-26(29-28-25)30-18-4-2/h14-17,19-21H,3-13,18H2,1-2H3. The molecule has 1 aromatic carbocycles. The van der Waals surface area contributed by atoms with Crippen LogP contribution in [0.4, 0.5) is 4.39 Å². The molecule has 4 heteroatoms. The van der Waals surface area contributed by atoms with Crippen LogP contribution in [0.2, 0.25) is 0 Å². The van der Waals surface area contributed by atoms with Crippen LogP contribution < -0.4 is 4.74 Å². The summed E-state index contributed by atoms with van der Waals surface area (Å²) in [6, 6.07) is 9.11. The molecule has 0 unspecified atom stereocenters. The van der Waals surface area contributed by atoms with E-state index in [-0.39, 0.29) is 5.82 Å². The van der Waals surface area contributed by atoms with Crippen molar-refractivity contribution in [2.75, 3.05) is 6.61 Å². The summed E-state index contributed by atoms with van der Waals surface area (Å²) in [5.41, 5.74) is 2.25. The lowest BCUT2D eigenvalue weighted by molar-refractivity contribution is 0.248. The number of unbranched alkanes of at least 4 members (excludes halogenated alkanes) is 2. The SMILES string of the molecule is CCCCCC1CCC(CCc2ccc(-c3ccc(OCCC)nn3)cc2F)CC1. The minimum Gasteiger partial charge on any atom is -0.477 e. The summed E-state index contributed by atoms with van der Waals surface area (Å²) in [6.45, 7) is 4.94. The highest BCUT2D eigenvalue weighted by Crippen LogP contribution is 2.34. The largest absolute Gasteiger partial charge is 0.477 e. The van der Waals surface area contributed by atoms with Crippen molar-refractivity contribution >= 4 is 0 Å². The Morgan fingerprint density at radius 3 is 2.30 bits per heavy atom. The van der Waals surface area contributed by atoms with E-state index in [4.69, 9.17) is 4.74 Å². The average molecular weight is 413 g/mol. The van der Waals surface area contributed by atoms with E-state index in [0.29, 0.717) is 18.2 Å². The van der Waals surface area contributed by atoms with Crippen LogP contribution in [-0.2, 0) is 6.42 Å². The van der Waals surface area contributed by atoms with Gasteiger partial charge in [-0.25, -0.2) is 4.39 Å². The second-order valence-corrected chi connectivity index (χ2v) is 8.83. The molecule has 1 fully saturated rings. The van der Waals surface area contributed by atoms with Crippen molar-refractivity contribution in [1.82, 2.24) is 10.2 Å². The van der Waals surface area contributed by atoms with Crippen LogP contribution >= 0.6 is 0 Å². The molecule has 0 atom stereocenters. The van der Waals surface area contributed by atoms with E-state index >= 15 is 0 Å². The number of hydrogen-bond acceptors (Lipinski definition) is 3. The maximum absolute atomic E-state index is 14.7. The third-order valence-electron chi connectivity index (χ3n) is 6.45. The smallest absolute Gasteiger partial charge is 0.233 e. The Labute approximate surface area is 181 Å². The number of aryl methyl sites for hydroxylation is 1. The van der Waals surface area contributed by atoms with Gasteiger partial charge < -0.3 is 4.74 Å². The van der Waals surface area contributed by atoms with Gasteiger partial charge in [0, 0.05) is 11.6 Å². The summed E-state index contributed by atoms with van der Waals surface area (Å²) in [4.78, 5) is 0. The highest BCUT2D eigenvalue weighted by atomic mass is 19.1. The van der Waals surface area contributed by atoms with Gasteiger partial charge in [0.05, 0.1) is 12.3 Å². The summed E-state index contributed by atoms with van der Waals surface area (Å²) < 4.78 is 20.2. The van der Waals surface area contributed by atoms with E-state index < -0.39 is 0 Å². The Balaban J connectivity index is 1.48. The van der Waals surface area contributed by atoms with E-state index in [0.717, 1.165) is 42.2 Å². The Hall–Kier alpha value is -1.97. The summed E-state index contributed by atoms with van der Waals surface area (Å²) in [7, 11) is 0. The van der Waals surface area contributed by atoms with Gasteiger partial charge in [0.1, 0.15) is 5.82 Å². The molecule has 1 saturated carbocycles. The molecule has 164 valence electrons. The zero-order valence-electron chi connectivity index (χ0n) is 18.7. The highest BCUT2D eigenvalue weighted by Gasteiger charge is 2.21. The minimum absolute atomic E-state index is 0.131. The van der Waals surface area contributed by atoms with Gasteiger partial charge in [0.25, 0.3) is 0 Å². The Morgan fingerprint density at radius 2 is 1.67 bits per heavy atom. The molecule has 0 N–H and O–H groups in total. The number of halogens is 1. The summed E-state index contributed by atoms with van der Waals surface area (Å²) in [5, 5.41) is 8.26. The van der Waals surface area contributed by atoms with Crippen molar-refractivity contribution < 1.29 is 9.13 Å². The predicted octanol–water partition coefficient (Wildman–Crippen LogP) is 7.39. The maximum atomic E-state index is 14.7. The van der Waals surface area contributed by atoms with Gasteiger partial charge in [-0.2, -0.15) is 0 Å². The molecule has 2 aromatic rings. The van der Waals surface area contributed by atoms with Gasteiger partial charge >= 0.3 is 0 Å². The van der Waals surface area contributed by atoms with Gasteiger partial charge in [0.15, 0.2) is 0 Å². The lowest BCUT2D eigenvalue weighted by Crippen LogP contribution is -2.15. The second kappa shape index (κ2) is 12.0. The van der Waals surface area contributed by atoms with Crippen molar-refractivity contribution in [2.24, 2.45) is 11.8 Å². The van der Waals surface area contributed by atoms with E-state index in [9.17, 15) is 4.39 Å². The molecule has 0 aliphatic heterocycles. The minimum atomic E-state index is -0.131. The van der Waals surface area contributed by atoms with E-state index in [1.807, 2.05) is 25.1 Å². The first-order chi connectivity index (χ1) is 14.7. The fraction of sp³-hybridized carbons (Fsp3) is 0.615. The molecule has 0 saturated heterocycles. The van der Waals surface area contributed by atoms with E-state index in [2.05, 4.69) is 17.1 Å². The van der Waals surface area contributed by atoms with Crippen LogP contribution in [0, 0.1) is 17.7 Å². The molecule has 1 aromatic heterocycles. The third-order valence-corrected chi connectivity index (χ3v) is 6.45. The van der Waals surface area contributed by atoms with Crippen molar-refractivity contribution in [1.29, 1.82) is 0 Å². The van der Waals surface area contributed by atoms with E-state index in [1.165, 1.54) is 51.4 Å². The molecule has 0 spiro atoms. The fourth-order valence-corrected chi connectivity index (χ4v) is 4.52. The van der Waals surface area contributed by atoms with E-state index in [1.54, 1.807) is 12.1 Å². The normalized spacial score (nSPS) is 19.0. The molecule has 3 rings (SSSR count). The molecule has 0 amide bonds. The van der Waals surface area contributed by atoms with Crippen LogP contribution in [0.15, 0.2) is 30.3 Å². The number of aromatic nitrogens is 2. The van der Waals surface area contributed by atoms with Crippen LogP contribution in [0.5, 0.6) is 5.88 Å². The lowest BCUT2D eigenvalue weighted by Gasteiger charge is -2.28. The second-order valence-electron chi connectivity index (χ2n) is 8.83. The van der Waals surface area contributed by atoms with Crippen molar-refractivity contribution in [3.8, 4) is 17.1 Å². The molecule has 1 heterocycles.